The van der Waals surface area contributed by atoms with Gasteiger partial charge >= 0.3 is 0 Å². The van der Waals surface area contributed by atoms with Crippen LogP contribution in [0.15, 0.2) is 60.7 Å². The lowest BCUT2D eigenvalue weighted by Crippen LogP contribution is -2.66. The van der Waals surface area contributed by atoms with Gasteiger partial charge in [-0.2, -0.15) is 0 Å². The summed E-state index contributed by atoms with van der Waals surface area (Å²) in [6, 6.07) is 21.9. The van der Waals surface area contributed by atoms with E-state index in [-0.39, 0.29) is 5.04 Å². The molecule has 3 rings (SSSR count). The number of benzene rings is 2. The maximum atomic E-state index is 6.94. The molecule has 1 heterocycles. The molecule has 0 unspecified atom stereocenters. The van der Waals surface area contributed by atoms with Gasteiger partial charge in [-0.1, -0.05) is 81.4 Å². The summed E-state index contributed by atoms with van der Waals surface area (Å²) in [6.07, 6.45) is 3.83. The summed E-state index contributed by atoms with van der Waals surface area (Å²) in [5.41, 5.74) is 0. The number of likely N-dealkylation sites (tertiary alicyclic amines) is 1. The molecule has 0 saturated carbocycles. The molecule has 26 heavy (non-hydrogen) atoms. The van der Waals surface area contributed by atoms with Crippen LogP contribution in [0.1, 0.15) is 40.0 Å². The van der Waals surface area contributed by atoms with E-state index >= 15 is 0 Å². The summed E-state index contributed by atoms with van der Waals surface area (Å²) in [7, 11) is -2.34. The minimum absolute atomic E-state index is 0.0728. The third-order valence-corrected chi connectivity index (χ3v) is 10.6. The highest BCUT2D eigenvalue weighted by Crippen LogP contribution is 2.36. The minimum Gasteiger partial charge on any atom is -0.407 e. The molecule has 2 aromatic carbocycles. The fourth-order valence-electron chi connectivity index (χ4n) is 4.28. The Morgan fingerprint density at radius 3 is 1.81 bits per heavy atom. The third kappa shape index (κ3) is 4.11. The van der Waals surface area contributed by atoms with E-state index in [0.717, 1.165) is 19.6 Å². The van der Waals surface area contributed by atoms with E-state index in [0.29, 0.717) is 0 Å². The van der Waals surface area contributed by atoms with E-state index < -0.39 is 8.32 Å². The first kappa shape index (κ1) is 19.3. The maximum Gasteiger partial charge on any atom is 0.261 e. The van der Waals surface area contributed by atoms with Crippen molar-refractivity contribution in [3.05, 3.63) is 60.7 Å². The topological polar surface area (TPSA) is 12.5 Å². The van der Waals surface area contributed by atoms with Crippen molar-refractivity contribution in [2.45, 2.75) is 45.1 Å². The second-order valence-corrected chi connectivity index (χ2v) is 12.7. The molecule has 0 amide bonds. The van der Waals surface area contributed by atoms with E-state index in [4.69, 9.17) is 4.43 Å². The molecule has 0 spiro atoms. The normalized spacial score (nSPS) is 16.1. The van der Waals surface area contributed by atoms with E-state index in [1.54, 1.807) is 0 Å². The molecule has 2 aromatic rings. The van der Waals surface area contributed by atoms with Crippen LogP contribution in [0.3, 0.4) is 0 Å². The Balaban J connectivity index is 1.87. The molecule has 1 saturated heterocycles. The Kier molecular flexibility index (Phi) is 6.33. The molecular formula is C23H33NOSi. The molecule has 0 aliphatic carbocycles. The van der Waals surface area contributed by atoms with Gasteiger partial charge < -0.3 is 9.33 Å². The first-order valence-corrected chi connectivity index (χ1v) is 11.9. The SMILES string of the molecule is CC(C)(C)[Si](OCCCN1CCCC1)(c1ccccc1)c1ccccc1. The quantitative estimate of drug-likeness (QED) is 0.541. The van der Waals surface area contributed by atoms with Crippen LogP contribution in [0.25, 0.3) is 0 Å². The third-order valence-electron chi connectivity index (χ3n) is 5.55. The molecular weight excluding hydrogens is 334 g/mol. The number of nitrogens with zero attached hydrogens (tertiary/aromatic N) is 1. The van der Waals surface area contributed by atoms with E-state index in [1.807, 2.05) is 0 Å². The van der Waals surface area contributed by atoms with Crippen LogP contribution in [0.5, 0.6) is 0 Å². The Bertz CT molecular complexity index is 620. The number of rotatable bonds is 7. The van der Waals surface area contributed by atoms with E-state index in [9.17, 15) is 0 Å². The molecule has 0 radical (unpaired) electrons. The first-order valence-electron chi connectivity index (χ1n) is 10.0. The smallest absolute Gasteiger partial charge is 0.261 e. The summed E-state index contributed by atoms with van der Waals surface area (Å²) in [4.78, 5) is 2.58. The highest BCUT2D eigenvalue weighted by atomic mass is 28.4. The van der Waals surface area contributed by atoms with Crippen molar-refractivity contribution in [1.29, 1.82) is 0 Å². The zero-order valence-electron chi connectivity index (χ0n) is 16.6. The lowest BCUT2D eigenvalue weighted by Gasteiger charge is -2.43. The van der Waals surface area contributed by atoms with Crippen molar-refractivity contribution in [2.24, 2.45) is 0 Å². The Hall–Kier alpha value is -1.42. The summed E-state index contributed by atoms with van der Waals surface area (Å²) in [5.74, 6) is 0. The predicted molar refractivity (Wildman–Crippen MR) is 114 cm³/mol. The molecule has 0 aromatic heterocycles. The van der Waals surface area contributed by atoms with Gasteiger partial charge in [0.2, 0.25) is 0 Å². The van der Waals surface area contributed by atoms with Gasteiger partial charge in [0.05, 0.1) is 0 Å². The highest BCUT2D eigenvalue weighted by Gasteiger charge is 2.49. The molecule has 140 valence electrons. The van der Waals surface area contributed by atoms with Crippen molar-refractivity contribution in [3.63, 3.8) is 0 Å². The maximum absolute atomic E-state index is 6.94. The number of hydrogen-bond acceptors (Lipinski definition) is 2. The molecule has 1 aliphatic heterocycles. The lowest BCUT2D eigenvalue weighted by atomic mass is 10.2. The van der Waals surface area contributed by atoms with Crippen molar-refractivity contribution in [2.75, 3.05) is 26.2 Å². The van der Waals surface area contributed by atoms with Crippen molar-refractivity contribution in [1.82, 2.24) is 4.90 Å². The van der Waals surface area contributed by atoms with Crippen molar-refractivity contribution >= 4 is 18.7 Å². The molecule has 1 fully saturated rings. The summed E-state index contributed by atoms with van der Waals surface area (Å²) in [6.45, 7) is 11.6. The predicted octanol–water partition coefficient (Wildman–Crippen LogP) is 4.05. The van der Waals surface area contributed by atoms with Crippen LogP contribution >= 0.6 is 0 Å². The van der Waals surface area contributed by atoms with Gasteiger partial charge in [-0.05, 0) is 47.8 Å². The van der Waals surface area contributed by atoms with Gasteiger partial charge in [0.1, 0.15) is 0 Å². The minimum atomic E-state index is -2.34. The average Bonchev–Trinajstić information content (AvgIpc) is 3.16. The molecule has 0 bridgehead atoms. The second kappa shape index (κ2) is 8.51. The van der Waals surface area contributed by atoms with Crippen LogP contribution in [0.4, 0.5) is 0 Å². The lowest BCUT2D eigenvalue weighted by molar-refractivity contribution is 0.253. The molecule has 0 atom stereocenters. The largest absolute Gasteiger partial charge is 0.407 e. The van der Waals surface area contributed by atoms with Gasteiger partial charge in [0.25, 0.3) is 8.32 Å². The van der Waals surface area contributed by atoms with Crippen molar-refractivity contribution < 1.29 is 4.43 Å². The zero-order valence-corrected chi connectivity index (χ0v) is 17.6. The van der Waals surface area contributed by atoms with Gasteiger partial charge in [-0.3, -0.25) is 0 Å². The molecule has 1 aliphatic rings. The Labute approximate surface area is 160 Å². The van der Waals surface area contributed by atoms with Gasteiger partial charge in [0, 0.05) is 13.2 Å². The monoisotopic (exact) mass is 367 g/mol. The van der Waals surface area contributed by atoms with Crippen molar-refractivity contribution in [3.8, 4) is 0 Å². The standard InChI is InChI=1S/C23H33NOSi/c1-23(2,3)26(21-13-6-4-7-14-21,22-15-8-5-9-16-22)25-20-12-19-24-17-10-11-18-24/h4-9,13-16H,10-12,17-20H2,1-3H3. The Morgan fingerprint density at radius 1 is 0.846 bits per heavy atom. The van der Waals surface area contributed by atoms with E-state index in [1.165, 1.54) is 36.3 Å². The van der Waals surface area contributed by atoms with Crippen LogP contribution in [0, 0.1) is 0 Å². The number of hydrogen-bond donors (Lipinski definition) is 0. The first-order chi connectivity index (χ1) is 12.5. The van der Waals surface area contributed by atoms with Crippen LogP contribution < -0.4 is 10.4 Å². The summed E-state index contributed by atoms with van der Waals surface area (Å²) in [5, 5.41) is 2.82. The van der Waals surface area contributed by atoms with Gasteiger partial charge in [-0.15, -0.1) is 0 Å². The molecule has 3 heteroatoms. The highest BCUT2D eigenvalue weighted by molar-refractivity contribution is 6.99. The fourth-order valence-corrected chi connectivity index (χ4v) is 8.89. The van der Waals surface area contributed by atoms with Crippen LogP contribution in [0.2, 0.25) is 5.04 Å². The molecule has 2 nitrogen and oxygen atoms in total. The van der Waals surface area contributed by atoms with Crippen LogP contribution in [-0.4, -0.2) is 39.5 Å². The molecule has 0 N–H and O–H groups in total. The fraction of sp³-hybridized carbons (Fsp3) is 0.478. The van der Waals surface area contributed by atoms with Crippen LogP contribution in [-0.2, 0) is 4.43 Å². The van der Waals surface area contributed by atoms with Gasteiger partial charge in [-0.25, -0.2) is 0 Å². The summed E-state index contributed by atoms with van der Waals surface area (Å²) >= 11 is 0. The zero-order chi connectivity index (χ0) is 18.5. The van der Waals surface area contributed by atoms with Gasteiger partial charge in [0.15, 0.2) is 0 Å². The second-order valence-electron chi connectivity index (χ2n) is 8.41. The van der Waals surface area contributed by atoms with E-state index in [2.05, 4.69) is 86.3 Å². The average molecular weight is 368 g/mol. The summed E-state index contributed by atoms with van der Waals surface area (Å²) < 4.78 is 6.94. The Morgan fingerprint density at radius 2 is 1.35 bits per heavy atom.